The van der Waals surface area contributed by atoms with E-state index in [0.717, 1.165) is 57.0 Å². The predicted octanol–water partition coefficient (Wildman–Crippen LogP) is 4.93. The number of piperidine rings is 1. The Hall–Kier alpha value is -1.72. The van der Waals surface area contributed by atoms with Crippen molar-refractivity contribution >= 4 is 28.5 Å². The molecule has 2 heterocycles. The smallest absolute Gasteiger partial charge is 0.317 e. The van der Waals surface area contributed by atoms with Gasteiger partial charge in [-0.3, -0.25) is 4.90 Å². The number of aromatic nitrogens is 1. The van der Waals surface area contributed by atoms with Crippen molar-refractivity contribution < 1.29 is 4.79 Å². The molecular formula is C24H35ClN4O. The molecule has 4 rings (SSSR count). The number of amides is 2. The molecule has 0 saturated carbocycles. The number of rotatable bonds is 6. The number of urea groups is 1. The Labute approximate surface area is 185 Å². The highest BCUT2D eigenvalue weighted by Gasteiger charge is 2.42. The lowest BCUT2D eigenvalue weighted by Crippen LogP contribution is -2.57. The number of aromatic amines is 1. The second kappa shape index (κ2) is 8.80. The number of aryl methyl sites for hydroxylation is 1. The third-order valence-corrected chi connectivity index (χ3v) is 7.40. The fraction of sp³-hybridized carbons (Fsp3) is 0.625. The van der Waals surface area contributed by atoms with Gasteiger partial charge in [0, 0.05) is 48.5 Å². The molecule has 0 radical (unpaired) electrons. The fourth-order valence-corrected chi connectivity index (χ4v) is 5.88. The van der Waals surface area contributed by atoms with Crippen molar-refractivity contribution in [1.29, 1.82) is 0 Å². The van der Waals surface area contributed by atoms with Gasteiger partial charge in [-0.2, -0.15) is 0 Å². The molecule has 0 spiro atoms. The van der Waals surface area contributed by atoms with Crippen LogP contribution >= 0.6 is 11.6 Å². The fourth-order valence-electron chi connectivity index (χ4n) is 5.61. The molecule has 0 bridgehead atoms. The maximum absolute atomic E-state index is 12.8. The maximum Gasteiger partial charge on any atom is 0.317 e. The molecule has 1 aliphatic heterocycles. The molecule has 2 aliphatic rings. The zero-order valence-electron chi connectivity index (χ0n) is 18.7. The van der Waals surface area contributed by atoms with E-state index in [9.17, 15) is 4.79 Å². The van der Waals surface area contributed by atoms with Crippen LogP contribution in [0.25, 0.3) is 10.9 Å². The molecule has 30 heavy (non-hydrogen) atoms. The van der Waals surface area contributed by atoms with Gasteiger partial charge in [-0.1, -0.05) is 31.5 Å². The van der Waals surface area contributed by atoms with Crippen LogP contribution in [0.5, 0.6) is 0 Å². The Bertz CT molecular complexity index is 920. The van der Waals surface area contributed by atoms with E-state index in [1.165, 1.54) is 27.6 Å². The summed E-state index contributed by atoms with van der Waals surface area (Å²) in [6.45, 7) is 12.0. The molecule has 1 saturated heterocycles. The van der Waals surface area contributed by atoms with Gasteiger partial charge in [-0.05, 0) is 68.8 Å². The number of H-pyrrole nitrogens is 1. The molecule has 5 nitrogen and oxygen atoms in total. The lowest BCUT2D eigenvalue weighted by atomic mass is 9.73. The van der Waals surface area contributed by atoms with Gasteiger partial charge in [0.1, 0.15) is 5.15 Å². The average molecular weight is 431 g/mol. The highest BCUT2D eigenvalue weighted by atomic mass is 35.5. The molecule has 1 unspecified atom stereocenters. The number of hydrogen-bond donors (Lipinski definition) is 2. The number of fused-ring (bicyclic) bond motifs is 2. The Morgan fingerprint density at radius 2 is 2.03 bits per heavy atom. The van der Waals surface area contributed by atoms with Crippen LogP contribution in [0.15, 0.2) is 12.1 Å². The number of nitrogens with zero attached hydrogens (tertiary/aromatic N) is 2. The minimum atomic E-state index is 0.0635. The summed E-state index contributed by atoms with van der Waals surface area (Å²) in [7, 11) is 0. The van der Waals surface area contributed by atoms with Crippen LogP contribution in [0.3, 0.4) is 0 Å². The third-order valence-electron chi connectivity index (χ3n) is 7.08. The van der Waals surface area contributed by atoms with Crippen molar-refractivity contribution in [2.24, 2.45) is 0 Å². The number of carbonyl (C=O) groups excluding carboxylic acids is 1. The normalized spacial score (nSPS) is 23.4. The molecule has 1 fully saturated rings. The van der Waals surface area contributed by atoms with Crippen LogP contribution < -0.4 is 5.32 Å². The first-order chi connectivity index (χ1) is 14.5. The summed E-state index contributed by atoms with van der Waals surface area (Å²) in [4.78, 5) is 20.7. The van der Waals surface area contributed by atoms with Crippen molar-refractivity contribution in [3.63, 3.8) is 0 Å². The van der Waals surface area contributed by atoms with E-state index in [1.807, 2.05) is 18.7 Å². The maximum atomic E-state index is 12.8. The van der Waals surface area contributed by atoms with E-state index < -0.39 is 0 Å². The third kappa shape index (κ3) is 3.71. The van der Waals surface area contributed by atoms with Crippen molar-refractivity contribution in [1.82, 2.24) is 20.1 Å². The van der Waals surface area contributed by atoms with E-state index >= 15 is 0 Å². The molecule has 2 amide bonds. The highest BCUT2D eigenvalue weighted by Crippen LogP contribution is 2.46. The van der Waals surface area contributed by atoms with Gasteiger partial charge in [0.05, 0.1) is 0 Å². The van der Waals surface area contributed by atoms with Crippen LogP contribution in [-0.2, 0) is 12.8 Å². The SMILES string of the molecule is CCCN1C[C@@H](NC(=O)N(CC)CC)CC2c3cc(CC)cc4[nH]c(Cl)c(c34)C[C@H]21. The summed E-state index contributed by atoms with van der Waals surface area (Å²) in [6, 6.07) is 5.32. The summed E-state index contributed by atoms with van der Waals surface area (Å²) < 4.78 is 0. The highest BCUT2D eigenvalue weighted by molar-refractivity contribution is 6.32. The summed E-state index contributed by atoms with van der Waals surface area (Å²) in [5.74, 6) is 0.417. The Morgan fingerprint density at radius 1 is 1.27 bits per heavy atom. The summed E-state index contributed by atoms with van der Waals surface area (Å²) in [6.07, 6.45) is 4.09. The number of nitrogens with one attached hydrogen (secondary N) is 2. The van der Waals surface area contributed by atoms with Crippen LogP contribution in [0, 0.1) is 0 Å². The molecule has 6 heteroatoms. The first-order valence-corrected chi connectivity index (χ1v) is 12.0. The van der Waals surface area contributed by atoms with Crippen LogP contribution in [-0.4, -0.2) is 59.1 Å². The molecule has 3 atom stereocenters. The molecular weight excluding hydrogens is 396 g/mol. The molecule has 1 aromatic heterocycles. The van der Waals surface area contributed by atoms with Crippen molar-refractivity contribution in [2.75, 3.05) is 26.2 Å². The Balaban J connectivity index is 1.71. The van der Waals surface area contributed by atoms with Crippen LogP contribution in [0.1, 0.15) is 63.1 Å². The summed E-state index contributed by atoms with van der Waals surface area (Å²) in [5, 5.41) is 5.47. The van der Waals surface area contributed by atoms with E-state index in [0.29, 0.717) is 12.0 Å². The molecule has 1 aromatic carbocycles. The number of likely N-dealkylation sites (tertiary alicyclic amines) is 1. The minimum absolute atomic E-state index is 0.0635. The first kappa shape index (κ1) is 21.5. The zero-order chi connectivity index (χ0) is 21.4. The number of halogens is 1. The lowest BCUT2D eigenvalue weighted by Gasteiger charge is -2.47. The zero-order valence-corrected chi connectivity index (χ0v) is 19.5. The van der Waals surface area contributed by atoms with Gasteiger partial charge in [0.2, 0.25) is 0 Å². The van der Waals surface area contributed by atoms with Crippen LogP contribution in [0.2, 0.25) is 5.15 Å². The topological polar surface area (TPSA) is 51.4 Å². The van der Waals surface area contributed by atoms with Crippen molar-refractivity contribution in [3.8, 4) is 0 Å². The van der Waals surface area contributed by atoms with Crippen LogP contribution in [0.4, 0.5) is 4.79 Å². The molecule has 2 aromatic rings. The predicted molar refractivity (Wildman–Crippen MR) is 125 cm³/mol. The first-order valence-electron chi connectivity index (χ1n) is 11.6. The van der Waals surface area contributed by atoms with E-state index in [4.69, 9.17) is 11.6 Å². The average Bonchev–Trinajstić information content (AvgIpc) is 3.05. The summed E-state index contributed by atoms with van der Waals surface area (Å²) in [5.41, 5.74) is 5.21. The molecule has 1 aliphatic carbocycles. The van der Waals surface area contributed by atoms with E-state index in [2.05, 4.69) is 41.2 Å². The summed E-state index contributed by atoms with van der Waals surface area (Å²) >= 11 is 6.65. The quantitative estimate of drug-likeness (QED) is 0.682. The van der Waals surface area contributed by atoms with Gasteiger partial charge in [-0.25, -0.2) is 4.79 Å². The second-order valence-electron chi connectivity index (χ2n) is 8.81. The monoisotopic (exact) mass is 430 g/mol. The lowest BCUT2D eigenvalue weighted by molar-refractivity contribution is 0.0980. The van der Waals surface area contributed by atoms with Gasteiger partial charge in [0.15, 0.2) is 0 Å². The van der Waals surface area contributed by atoms with Gasteiger partial charge in [-0.15, -0.1) is 0 Å². The van der Waals surface area contributed by atoms with E-state index in [-0.39, 0.29) is 12.1 Å². The standard InChI is InChI=1S/C24H35ClN4O/c1-5-9-29-14-16(26-24(30)28(7-3)8-4)12-17-18-10-15(6-2)11-20-22(18)19(13-21(17)29)23(25)27-20/h10-11,16-17,21,27H,5-9,12-14H2,1-4H3,(H,26,30)/t16-,17?,21+/m0/s1. The number of carbonyl (C=O) groups is 1. The Kier molecular flexibility index (Phi) is 6.31. The van der Waals surface area contributed by atoms with Gasteiger partial charge < -0.3 is 15.2 Å². The van der Waals surface area contributed by atoms with Gasteiger partial charge >= 0.3 is 6.03 Å². The van der Waals surface area contributed by atoms with Crippen molar-refractivity contribution in [3.05, 3.63) is 34.0 Å². The van der Waals surface area contributed by atoms with E-state index in [1.54, 1.807) is 0 Å². The van der Waals surface area contributed by atoms with Gasteiger partial charge in [0.25, 0.3) is 0 Å². The Morgan fingerprint density at radius 3 is 2.70 bits per heavy atom. The molecule has 164 valence electrons. The largest absolute Gasteiger partial charge is 0.345 e. The molecule has 2 N–H and O–H groups in total. The minimum Gasteiger partial charge on any atom is -0.345 e. The number of benzene rings is 1. The van der Waals surface area contributed by atoms with Crippen molar-refractivity contribution in [2.45, 2.75) is 71.4 Å². The second-order valence-corrected chi connectivity index (χ2v) is 9.18. The number of hydrogen-bond acceptors (Lipinski definition) is 2.